The Bertz CT molecular complexity index is 2730. The normalized spacial score (nSPS) is 20.1. The molecule has 2 fully saturated rings. The quantitative estimate of drug-likeness (QED) is 0.135. The zero-order chi connectivity index (χ0) is 43.0. The van der Waals surface area contributed by atoms with Gasteiger partial charge in [-0.25, -0.2) is 22.4 Å². The maximum absolute atomic E-state index is 13.0. The molecule has 24 heteroatoms. The number of aromatic nitrogens is 6. The molecule has 60 heavy (non-hydrogen) atoms. The van der Waals surface area contributed by atoms with Gasteiger partial charge in [-0.2, -0.15) is 21.4 Å². The third-order valence-corrected chi connectivity index (χ3v) is 15.6. The van der Waals surface area contributed by atoms with Crippen molar-refractivity contribution in [3.05, 3.63) is 94.0 Å². The Morgan fingerprint density at radius 2 is 1.25 bits per heavy atom. The van der Waals surface area contributed by atoms with Crippen molar-refractivity contribution in [2.75, 3.05) is 24.7 Å². The molecule has 6 atom stereocenters. The lowest BCUT2D eigenvalue weighted by atomic mass is 9.91. The molecule has 0 bridgehead atoms. The molecule has 2 aromatic carbocycles. The van der Waals surface area contributed by atoms with Gasteiger partial charge in [-0.05, 0) is 93.9 Å². The van der Waals surface area contributed by atoms with Crippen LogP contribution in [-0.2, 0) is 33.6 Å². The van der Waals surface area contributed by atoms with Gasteiger partial charge >= 0.3 is 10.1 Å². The van der Waals surface area contributed by atoms with Crippen molar-refractivity contribution in [1.82, 2.24) is 27.8 Å². The summed E-state index contributed by atoms with van der Waals surface area (Å²) in [4.78, 5) is 32.6. The maximum atomic E-state index is 13.0. The lowest BCUT2D eigenvalue weighted by molar-refractivity contribution is 0.0293. The van der Waals surface area contributed by atoms with Gasteiger partial charge in [0, 0.05) is 49.4 Å². The first-order valence-electron chi connectivity index (χ1n) is 18.6. The highest BCUT2D eigenvalue weighted by Gasteiger charge is 2.30. The molecule has 4 heterocycles. The van der Waals surface area contributed by atoms with Crippen molar-refractivity contribution >= 4 is 92.4 Å². The summed E-state index contributed by atoms with van der Waals surface area (Å²) in [5, 5.41) is 1.98. The average molecular weight is 941 g/mol. The second-order valence-corrected chi connectivity index (χ2v) is 20.7. The number of ether oxygens (including phenoxy) is 2. The number of nitrogens with two attached hydrogens (primary N) is 1. The highest BCUT2D eigenvalue weighted by Crippen LogP contribution is 2.49. The summed E-state index contributed by atoms with van der Waals surface area (Å²) < 4.78 is 91.3. The van der Waals surface area contributed by atoms with E-state index in [1.165, 1.54) is 54.5 Å². The number of sulfonamides is 1. The smallest absolute Gasteiger partial charge is 0.302 e. The number of pyridine rings is 2. The van der Waals surface area contributed by atoms with Crippen LogP contribution in [0.5, 0.6) is 0 Å². The molecule has 6 aromatic rings. The molecule has 3 N–H and O–H groups in total. The standard InChI is InChI=1S/C18H20N4O4S2.C16H20FNO5P2S.C2H3N3S/c1-26-16-5-3-2-4-15(16)22-14-8-7-13(10-12(14)6-9-17(22)23)28(24,25)21-18-19-11-20-27-18;1-22-15-5-3-2-4-14(15)18-13-8-7-12(26(20,21)23-25(17)24)10-11(13)6-9-16(18)19;3-2-4-1-5-6-2/h6-11,15-16H,2-5H2,1H3,(H,19,20,21);6-10,14-15H,2-5,24H2,1H3;1H,(H2,3,4,5)/t15?,16-;14?,15-,25?;/m00./s1. The predicted molar refractivity (Wildman–Crippen MR) is 234 cm³/mol. The van der Waals surface area contributed by atoms with Crippen molar-refractivity contribution in [1.29, 1.82) is 0 Å². The number of nitrogens with zero attached hydrogens (tertiary/aromatic N) is 6. The van der Waals surface area contributed by atoms with E-state index >= 15 is 0 Å². The first-order valence-corrected chi connectivity index (χ1v) is 25.8. The summed E-state index contributed by atoms with van der Waals surface area (Å²) in [6.45, 7) is 0. The molecule has 322 valence electrons. The van der Waals surface area contributed by atoms with Crippen LogP contribution >= 0.6 is 40.1 Å². The van der Waals surface area contributed by atoms with Gasteiger partial charge in [0.1, 0.15) is 12.7 Å². The average Bonchev–Trinajstić information content (AvgIpc) is 3.94. The topological polar surface area (TPSA) is 230 Å². The molecule has 2 aliphatic rings. The molecule has 0 saturated heterocycles. The molecule has 2 aliphatic carbocycles. The number of anilines is 2. The van der Waals surface area contributed by atoms with Crippen molar-refractivity contribution in [3.63, 3.8) is 0 Å². The molecule has 8 rings (SSSR count). The summed E-state index contributed by atoms with van der Waals surface area (Å²) in [6.07, 6.45) is 10.2. The number of nitrogen functional groups attached to an aromatic ring is 1. The summed E-state index contributed by atoms with van der Waals surface area (Å²) in [7, 11) is -5.61. The van der Waals surface area contributed by atoms with Crippen LogP contribution in [0.4, 0.5) is 14.5 Å². The number of methoxy groups -OCH3 is 2. The Balaban J connectivity index is 0.000000177. The van der Waals surface area contributed by atoms with Crippen LogP contribution in [0.3, 0.4) is 0 Å². The van der Waals surface area contributed by atoms with Gasteiger partial charge < -0.3 is 24.3 Å². The number of hydrogen-bond acceptors (Lipinski definition) is 16. The van der Waals surface area contributed by atoms with Gasteiger partial charge in [0.2, 0.25) is 5.13 Å². The minimum Gasteiger partial charge on any atom is -0.379 e. The SMILES string of the molecule is CO[C@H]1CCCCC1n1c(=O)ccc2cc(S(=O)(=O)Nc3ncns3)ccc21.CO[C@H]1CCCCC1n1c(=O)ccc2cc(S(=O)(=O)OP(F)P)ccc21.Nc1ncns1. The minimum absolute atomic E-state index is 0.0282. The van der Waals surface area contributed by atoms with Crippen LogP contribution in [0, 0.1) is 0 Å². The maximum Gasteiger partial charge on any atom is 0.302 e. The van der Waals surface area contributed by atoms with Gasteiger partial charge in [0.15, 0.2) is 5.13 Å². The zero-order valence-electron chi connectivity index (χ0n) is 32.4. The first kappa shape index (κ1) is 45.7. The Labute approximate surface area is 357 Å². The van der Waals surface area contributed by atoms with E-state index in [2.05, 4.69) is 27.4 Å². The van der Waals surface area contributed by atoms with Crippen LogP contribution < -0.4 is 21.6 Å². The lowest BCUT2D eigenvalue weighted by Crippen LogP contribution is -2.35. The van der Waals surface area contributed by atoms with E-state index in [1.807, 2.05) is 0 Å². The molecular weight excluding hydrogens is 898 g/mol. The number of benzene rings is 2. The Hall–Kier alpha value is -3.85. The van der Waals surface area contributed by atoms with Gasteiger partial charge in [-0.3, -0.25) is 14.3 Å². The largest absolute Gasteiger partial charge is 0.379 e. The summed E-state index contributed by atoms with van der Waals surface area (Å²) in [6, 6.07) is 15.0. The van der Waals surface area contributed by atoms with Gasteiger partial charge in [0.25, 0.3) is 29.3 Å². The highest BCUT2D eigenvalue weighted by molar-refractivity contribution is 8.12. The van der Waals surface area contributed by atoms with Crippen LogP contribution in [0.25, 0.3) is 21.8 Å². The molecule has 4 aromatic heterocycles. The fraction of sp³-hybridized carbons (Fsp3) is 0.389. The summed E-state index contributed by atoms with van der Waals surface area (Å²) >= 11 is 2.16. The van der Waals surface area contributed by atoms with E-state index in [4.69, 9.17) is 15.2 Å². The number of nitrogens with one attached hydrogen (secondary N) is 1. The highest BCUT2D eigenvalue weighted by atomic mass is 32.3. The van der Waals surface area contributed by atoms with Crippen molar-refractivity contribution in [2.45, 2.75) is 85.4 Å². The number of fused-ring (bicyclic) bond motifs is 2. The molecule has 4 unspecified atom stereocenters. The van der Waals surface area contributed by atoms with E-state index < -0.39 is 28.3 Å². The second kappa shape index (κ2) is 20.3. The lowest BCUT2D eigenvalue weighted by Gasteiger charge is -2.32. The molecule has 0 amide bonds. The predicted octanol–water partition coefficient (Wildman–Crippen LogP) is 6.81. The van der Waals surface area contributed by atoms with Crippen molar-refractivity contribution < 1.29 is 34.5 Å². The van der Waals surface area contributed by atoms with E-state index in [1.54, 1.807) is 62.6 Å². The molecule has 0 aliphatic heterocycles. The van der Waals surface area contributed by atoms with E-state index in [0.29, 0.717) is 26.9 Å². The fourth-order valence-electron chi connectivity index (χ4n) is 7.50. The Morgan fingerprint density at radius 3 is 1.70 bits per heavy atom. The van der Waals surface area contributed by atoms with Crippen LogP contribution in [0.2, 0.25) is 0 Å². The molecule has 17 nitrogen and oxygen atoms in total. The van der Waals surface area contributed by atoms with Crippen molar-refractivity contribution in [2.24, 2.45) is 0 Å². The number of halogens is 1. The van der Waals surface area contributed by atoms with Crippen molar-refractivity contribution in [3.8, 4) is 0 Å². The van der Waals surface area contributed by atoms with Gasteiger partial charge in [-0.15, -0.1) is 0 Å². The minimum atomic E-state index is -4.19. The molecule has 0 radical (unpaired) electrons. The second-order valence-electron chi connectivity index (χ2n) is 13.7. The number of rotatable bonds is 10. The molecule has 0 spiro atoms. The first-order chi connectivity index (χ1) is 28.7. The van der Waals surface area contributed by atoms with Gasteiger partial charge in [0.05, 0.1) is 45.1 Å². The Morgan fingerprint density at radius 1 is 0.750 bits per heavy atom. The van der Waals surface area contributed by atoms with Crippen LogP contribution in [-0.4, -0.2) is 71.1 Å². The van der Waals surface area contributed by atoms with Crippen LogP contribution in [0.15, 0.2) is 92.7 Å². The molecular formula is C36H43FN8O9P2S4. The fourth-order valence-corrected chi connectivity index (χ4v) is 12.1. The van der Waals surface area contributed by atoms with E-state index in [9.17, 15) is 30.6 Å². The number of hydrogen-bond donors (Lipinski definition) is 2. The zero-order valence-corrected chi connectivity index (χ0v) is 37.7. The van der Waals surface area contributed by atoms with Gasteiger partial charge in [-0.1, -0.05) is 25.7 Å². The van der Waals surface area contributed by atoms with Crippen LogP contribution in [0.1, 0.15) is 63.5 Å². The summed E-state index contributed by atoms with van der Waals surface area (Å²) in [5.74, 6) is 0. The monoisotopic (exact) mass is 940 g/mol. The third kappa shape index (κ3) is 11.0. The van der Waals surface area contributed by atoms with E-state index in [-0.39, 0.29) is 50.3 Å². The third-order valence-electron chi connectivity index (χ3n) is 10.1. The Kier molecular flexibility index (Phi) is 15.5. The summed E-state index contributed by atoms with van der Waals surface area (Å²) in [5.41, 5.74) is 6.19. The molecule has 2 saturated carbocycles. The van der Waals surface area contributed by atoms with E-state index in [0.717, 1.165) is 62.9 Å².